The molecule has 34 heavy (non-hydrogen) atoms. The van der Waals surface area contributed by atoms with Crippen molar-refractivity contribution in [3.8, 4) is 11.5 Å². The zero-order valence-corrected chi connectivity index (χ0v) is 19.1. The summed E-state index contributed by atoms with van der Waals surface area (Å²) in [4.78, 5) is 33.6. The van der Waals surface area contributed by atoms with Gasteiger partial charge in [0.2, 0.25) is 5.62 Å². The van der Waals surface area contributed by atoms with Crippen molar-refractivity contribution in [1.29, 1.82) is 0 Å². The van der Waals surface area contributed by atoms with E-state index in [9.17, 15) is 9.59 Å². The summed E-state index contributed by atoms with van der Waals surface area (Å²) in [6.45, 7) is 0.804. The van der Waals surface area contributed by atoms with Crippen molar-refractivity contribution in [2.75, 3.05) is 5.43 Å². The summed E-state index contributed by atoms with van der Waals surface area (Å²) in [7, 11) is 0. The molecule has 0 amide bonds. The first-order valence-electron chi connectivity index (χ1n) is 10.3. The van der Waals surface area contributed by atoms with Gasteiger partial charge in [-0.2, -0.15) is 0 Å². The molecule has 2 heterocycles. The van der Waals surface area contributed by atoms with Crippen LogP contribution in [0.1, 0.15) is 11.1 Å². The van der Waals surface area contributed by atoms with E-state index in [0.717, 1.165) is 16.8 Å². The number of hydrogen-bond acceptors (Lipinski definition) is 6. The monoisotopic (exact) mass is 496 g/mol. The minimum Gasteiger partial charge on any atom is -0.455 e. The third-order valence-corrected chi connectivity index (χ3v) is 5.74. The standard InChI is InChI=1S/C23H18Cl2N6O3/c24-14-6-4-13(5-7-14)12-31-21(28-22(32)29-23(31)33)27-15-8-9-20(17(25)10-15)34-19-3-1-2-18-16(19)11-26-30-18/h1-10,26,30H,11-12H2,(H2,27,28,29,32,33). The van der Waals surface area contributed by atoms with E-state index in [1.54, 1.807) is 42.5 Å². The van der Waals surface area contributed by atoms with Crippen molar-refractivity contribution in [2.24, 2.45) is 4.99 Å². The Morgan fingerprint density at radius 3 is 2.59 bits per heavy atom. The second-order valence-corrected chi connectivity index (χ2v) is 8.35. The molecular weight excluding hydrogens is 479 g/mol. The van der Waals surface area contributed by atoms with Gasteiger partial charge < -0.3 is 10.2 Å². The Kier molecular flexibility index (Phi) is 5.97. The lowest BCUT2D eigenvalue weighted by atomic mass is 10.2. The van der Waals surface area contributed by atoms with Crippen LogP contribution in [0.4, 0.5) is 11.4 Å². The van der Waals surface area contributed by atoms with E-state index in [4.69, 9.17) is 27.9 Å². The number of rotatable bonds is 5. The normalized spacial score (nSPS) is 12.9. The van der Waals surface area contributed by atoms with Gasteiger partial charge in [-0.1, -0.05) is 41.4 Å². The molecule has 5 rings (SSSR count). The molecule has 0 bridgehead atoms. The molecule has 9 nitrogen and oxygen atoms in total. The van der Waals surface area contributed by atoms with Crippen LogP contribution in [0.15, 0.2) is 75.2 Å². The zero-order chi connectivity index (χ0) is 23.7. The molecule has 0 aliphatic carbocycles. The van der Waals surface area contributed by atoms with Crippen molar-refractivity contribution >= 4 is 34.6 Å². The number of nitrogens with zero attached hydrogens (tertiary/aromatic N) is 2. The number of halogens is 2. The fraction of sp³-hybridized carbons (Fsp3) is 0.0870. The fourth-order valence-electron chi connectivity index (χ4n) is 3.54. The average Bonchev–Trinajstić information content (AvgIpc) is 3.29. The van der Waals surface area contributed by atoms with Gasteiger partial charge >= 0.3 is 11.4 Å². The van der Waals surface area contributed by atoms with Crippen molar-refractivity contribution < 1.29 is 4.74 Å². The van der Waals surface area contributed by atoms with E-state index in [1.165, 1.54) is 4.57 Å². The number of fused-ring (bicyclic) bond motifs is 1. The molecule has 11 heteroatoms. The summed E-state index contributed by atoms with van der Waals surface area (Å²) >= 11 is 12.4. The lowest BCUT2D eigenvalue weighted by Gasteiger charge is -2.11. The highest BCUT2D eigenvalue weighted by Crippen LogP contribution is 2.36. The summed E-state index contributed by atoms with van der Waals surface area (Å²) < 4.78 is 7.34. The summed E-state index contributed by atoms with van der Waals surface area (Å²) in [5.41, 5.74) is 8.13. The van der Waals surface area contributed by atoms with Crippen LogP contribution >= 0.6 is 23.2 Å². The van der Waals surface area contributed by atoms with E-state index in [-0.39, 0.29) is 12.2 Å². The molecule has 1 aromatic heterocycles. The molecule has 4 N–H and O–H groups in total. The van der Waals surface area contributed by atoms with Gasteiger partial charge in [0.15, 0.2) is 0 Å². The van der Waals surface area contributed by atoms with E-state index < -0.39 is 11.4 Å². The van der Waals surface area contributed by atoms with Crippen LogP contribution in [-0.4, -0.2) is 14.5 Å². The van der Waals surface area contributed by atoms with Gasteiger partial charge in [-0.15, -0.1) is 0 Å². The largest absolute Gasteiger partial charge is 0.455 e. The van der Waals surface area contributed by atoms with Gasteiger partial charge in [0.25, 0.3) is 0 Å². The maximum Gasteiger partial charge on any atom is 0.332 e. The molecule has 0 radical (unpaired) electrons. The van der Waals surface area contributed by atoms with E-state index in [1.807, 2.05) is 18.2 Å². The first-order valence-corrected chi connectivity index (χ1v) is 11.0. The van der Waals surface area contributed by atoms with Crippen molar-refractivity contribution in [2.45, 2.75) is 13.1 Å². The molecule has 0 saturated carbocycles. The highest BCUT2D eigenvalue weighted by atomic mass is 35.5. The Labute approximate surface area is 202 Å². The third-order valence-electron chi connectivity index (χ3n) is 5.19. The number of hydrazine groups is 1. The molecule has 0 atom stereocenters. The first kappa shape index (κ1) is 22.0. The zero-order valence-electron chi connectivity index (χ0n) is 17.6. The van der Waals surface area contributed by atoms with Crippen LogP contribution in [-0.2, 0) is 13.1 Å². The molecule has 4 aromatic rings. The Morgan fingerprint density at radius 1 is 0.971 bits per heavy atom. The predicted octanol–water partition coefficient (Wildman–Crippen LogP) is 3.67. The fourth-order valence-corrected chi connectivity index (χ4v) is 3.88. The highest BCUT2D eigenvalue weighted by Gasteiger charge is 2.16. The second-order valence-electron chi connectivity index (χ2n) is 7.51. The highest BCUT2D eigenvalue weighted by molar-refractivity contribution is 6.32. The molecule has 0 unspecified atom stereocenters. The molecule has 1 aliphatic rings. The maximum absolute atomic E-state index is 12.5. The molecule has 0 fully saturated rings. The van der Waals surface area contributed by atoms with Crippen LogP contribution < -0.4 is 32.6 Å². The SMILES string of the molecule is O=c1[nH]c(=O)n(Cc2ccc(Cl)cc2)/c(=N/c2ccc(Oc3cccc4c3CNN4)c(Cl)c2)[nH]1. The maximum atomic E-state index is 12.5. The van der Waals surface area contributed by atoms with E-state index in [2.05, 4.69) is 25.8 Å². The molecule has 172 valence electrons. The van der Waals surface area contributed by atoms with Gasteiger partial charge in [-0.05, 0) is 48.0 Å². The second kappa shape index (κ2) is 9.22. The lowest BCUT2D eigenvalue weighted by Crippen LogP contribution is -2.44. The van der Waals surface area contributed by atoms with Crippen molar-refractivity contribution in [1.82, 2.24) is 20.0 Å². The Morgan fingerprint density at radius 2 is 1.79 bits per heavy atom. The topological polar surface area (TPSA) is 116 Å². The number of H-pyrrole nitrogens is 2. The average molecular weight is 497 g/mol. The number of nitrogens with one attached hydrogen (secondary N) is 4. The molecule has 0 spiro atoms. The van der Waals surface area contributed by atoms with Gasteiger partial charge in [0.1, 0.15) is 11.5 Å². The minimum absolute atomic E-state index is 0.0754. The number of anilines is 1. The third kappa shape index (κ3) is 4.62. The molecular formula is C23H18Cl2N6O3. The summed E-state index contributed by atoms with van der Waals surface area (Å²) in [5, 5.41) is 0.910. The number of ether oxygens (including phenoxy) is 1. The number of aromatic amines is 2. The van der Waals surface area contributed by atoms with Gasteiger partial charge in [-0.25, -0.2) is 20.0 Å². The molecule has 0 saturated heterocycles. The number of benzene rings is 3. The number of hydrogen-bond donors (Lipinski definition) is 4. The summed E-state index contributed by atoms with van der Waals surface area (Å²) in [6, 6.07) is 17.7. The minimum atomic E-state index is -0.665. The van der Waals surface area contributed by atoms with E-state index >= 15 is 0 Å². The van der Waals surface area contributed by atoms with Crippen molar-refractivity contribution in [3.63, 3.8) is 0 Å². The molecule has 1 aliphatic heterocycles. The smallest absolute Gasteiger partial charge is 0.332 e. The van der Waals surface area contributed by atoms with Gasteiger partial charge in [-0.3, -0.25) is 14.5 Å². The predicted molar refractivity (Wildman–Crippen MR) is 130 cm³/mol. The van der Waals surface area contributed by atoms with Gasteiger partial charge in [0, 0.05) is 17.1 Å². The molecule has 3 aromatic carbocycles. The Hall–Kier alpha value is -3.79. The van der Waals surface area contributed by atoms with Crippen molar-refractivity contribution in [3.05, 3.63) is 108 Å². The summed E-state index contributed by atoms with van der Waals surface area (Å²) in [5.74, 6) is 1.13. The van der Waals surface area contributed by atoms with Crippen LogP contribution in [0.2, 0.25) is 10.0 Å². The quantitative estimate of drug-likeness (QED) is 0.336. The first-order chi connectivity index (χ1) is 16.5. The van der Waals surface area contributed by atoms with Gasteiger partial charge in [0.05, 0.1) is 22.9 Å². The lowest BCUT2D eigenvalue weighted by molar-refractivity contribution is 0.477. The van der Waals surface area contributed by atoms with Crippen LogP contribution in [0.5, 0.6) is 11.5 Å². The Bertz CT molecular complexity index is 1560. The van der Waals surface area contributed by atoms with Crippen LogP contribution in [0.25, 0.3) is 0 Å². The Balaban J connectivity index is 1.49. The summed E-state index contributed by atoms with van der Waals surface area (Å²) in [6.07, 6.45) is 0. The van der Waals surface area contributed by atoms with Crippen LogP contribution in [0.3, 0.4) is 0 Å². The van der Waals surface area contributed by atoms with E-state index in [0.29, 0.717) is 33.8 Å². The van der Waals surface area contributed by atoms with Crippen LogP contribution in [0, 0.1) is 0 Å². The number of aromatic nitrogens is 3.